The molecule has 0 aromatic heterocycles. The Bertz CT molecular complexity index is 428. The Hall–Kier alpha value is -0.520. The highest BCUT2D eigenvalue weighted by atomic mass is 35.5. The van der Waals surface area contributed by atoms with Gasteiger partial charge >= 0.3 is 0 Å². The Kier molecular flexibility index (Phi) is 7.77. The number of benzene rings is 1. The van der Waals surface area contributed by atoms with E-state index < -0.39 is 6.10 Å². The molecule has 4 nitrogen and oxygen atoms in total. The van der Waals surface area contributed by atoms with Crippen LogP contribution < -0.4 is 17.1 Å². The summed E-state index contributed by atoms with van der Waals surface area (Å²) >= 11 is 6.12. The molecular weight excluding hydrogens is 313 g/mol. The number of morpholine rings is 1. The summed E-state index contributed by atoms with van der Waals surface area (Å²) in [5, 5.41) is 10.8. The van der Waals surface area contributed by atoms with Gasteiger partial charge in [-0.3, -0.25) is 4.90 Å². The number of ether oxygens (including phenoxy) is 2. The van der Waals surface area contributed by atoms with Gasteiger partial charge in [0.1, 0.15) is 18.5 Å². The van der Waals surface area contributed by atoms with E-state index in [0.717, 1.165) is 48.2 Å². The number of β-amino-alcohol motifs (C(OH)–C–C–N with tert-alkyl or cyclic N) is 1. The summed E-state index contributed by atoms with van der Waals surface area (Å²) < 4.78 is 10.9. The van der Waals surface area contributed by atoms with E-state index in [1.807, 2.05) is 26.0 Å². The summed E-state index contributed by atoms with van der Waals surface area (Å²) in [5.41, 5.74) is 1.98. The third kappa shape index (κ3) is 5.64. The highest BCUT2D eigenvalue weighted by molar-refractivity contribution is 6.32. The molecule has 2 rings (SSSR count). The highest BCUT2D eigenvalue weighted by Crippen LogP contribution is 2.25. The van der Waals surface area contributed by atoms with Crippen molar-refractivity contribution in [3.05, 3.63) is 28.3 Å². The minimum absolute atomic E-state index is 0. The number of nitrogens with zero attached hydrogens (tertiary/aromatic N) is 1. The first kappa shape index (κ1) is 18.5. The summed E-state index contributed by atoms with van der Waals surface area (Å²) in [7, 11) is 0. The fourth-order valence-electron chi connectivity index (χ4n) is 2.32. The monoisotopic (exact) mass is 334 g/mol. The van der Waals surface area contributed by atoms with Crippen LogP contribution in [0.5, 0.6) is 5.75 Å². The van der Waals surface area contributed by atoms with Crippen LogP contribution in [0.15, 0.2) is 12.1 Å². The van der Waals surface area contributed by atoms with Gasteiger partial charge in [0.05, 0.1) is 13.2 Å². The third-order valence-electron chi connectivity index (χ3n) is 3.42. The van der Waals surface area contributed by atoms with Crippen LogP contribution in [0.4, 0.5) is 0 Å². The van der Waals surface area contributed by atoms with Crippen molar-refractivity contribution < 1.29 is 27.0 Å². The molecule has 0 spiro atoms. The Balaban J connectivity index is 0.00000220. The van der Waals surface area contributed by atoms with Crippen LogP contribution in [0.2, 0.25) is 5.02 Å². The Morgan fingerprint density at radius 3 is 2.43 bits per heavy atom. The second kappa shape index (κ2) is 8.81. The summed E-state index contributed by atoms with van der Waals surface area (Å²) in [4.78, 5) is 2.19. The average molecular weight is 335 g/mol. The van der Waals surface area contributed by atoms with E-state index in [1.165, 1.54) is 0 Å². The maximum atomic E-state index is 10.0. The molecule has 0 aliphatic carbocycles. The fourth-order valence-corrected chi connectivity index (χ4v) is 2.43. The molecule has 0 radical (unpaired) electrons. The average Bonchev–Trinajstić information content (AvgIpc) is 2.43. The maximum Gasteiger partial charge on any atom is 0.120 e. The zero-order valence-electron chi connectivity index (χ0n) is 12.4. The maximum absolute atomic E-state index is 10.0. The quantitative estimate of drug-likeness (QED) is 0.752. The molecule has 6 heteroatoms. The Labute approximate surface area is 137 Å². The molecule has 0 amide bonds. The standard InChI is InChI=1S/C15H22ClNO3.ClH/c1-11-7-14(8-12(2)15(11)16)20-10-13(18)9-17-3-5-19-6-4-17;/h7-8,13,18H,3-6,9-10H2,1-2H3;1H/p-1. The lowest BCUT2D eigenvalue weighted by molar-refractivity contribution is -0.0000332. The minimum atomic E-state index is -0.496. The van der Waals surface area contributed by atoms with Gasteiger partial charge < -0.3 is 27.0 Å². The molecule has 1 atom stereocenters. The van der Waals surface area contributed by atoms with Crippen LogP contribution in [0.3, 0.4) is 0 Å². The molecule has 120 valence electrons. The van der Waals surface area contributed by atoms with Crippen molar-refractivity contribution in [1.82, 2.24) is 4.90 Å². The molecule has 21 heavy (non-hydrogen) atoms. The summed E-state index contributed by atoms with van der Waals surface area (Å²) in [5.74, 6) is 0.755. The topological polar surface area (TPSA) is 41.9 Å². The third-order valence-corrected chi connectivity index (χ3v) is 4.02. The van der Waals surface area contributed by atoms with Gasteiger partial charge in [-0.1, -0.05) is 11.6 Å². The molecule has 1 heterocycles. The summed E-state index contributed by atoms with van der Waals surface area (Å²) in [6.07, 6.45) is -0.496. The van der Waals surface area contributed by atoms with Gasteiger partial charge in [0.25, 0.3) is 0 Å². The lowest BCUT2D eigenvalue weighted by Crippen LogP contribution is -3.00. The van der Waals surface area contributed by atoms with Gasteiger partial charge in [-0.15, -0.1) is 0 Å². The molecule has 0 saturated carbocycles. The van der Waals surface area contributed by atoms with Crippen molar-refractivity contribution in [2.24, 2.45) is 0 Å². The predicted molar refractivity (Wildman–Crippen MR) is 79.7 cm³/mol. The van der Waals surface area contributed by atoms with E-state index in [4.69, 9.17) is 21.1 Å². The van der Waals surface area contributed by atoms with Gasteiger partial charge in [-0.2, -0.15) is 0 Å². The lowest BCUT2D eigenvalue weighted by atomic mass is 10.1. The summed E-state index contributed by atoms with van der Waals surface area (Å²) in [6, 6.07) is 3.80. The summed E-state index contributed by atoms with van der Waals surface area (Å²) in [6.45, 7) is 8.03. The van der Waals surface area contributed by atoms with E-state index in [0.29, 0.717) is 6.54 Å². The molecule has 1 aromatic rings. The normalized spacial score (nSPS) is 17.1. The van der Waals surface area contributed by atoms with Gasteiger partial charge in [-0.05, 0) is 37.1 Å². The smallest absolute Gasteiger partial charge is 0.120 e. The molecule has 1 N–H and O–H groups in total. The SMILES string of the molecule is Cc1cc(OCC(O)CN2CCOCC2)cc(C)c1Cl.[Cl-]. The number of aliphatic hydroxyl groups is 1. The van der Waals surface area contributed by atoms with Crippen LogP contribution >= 0.6 is 11.6 Å². The first-order chi connectivity index (χ1) is 9.56. The van der Waals surface area contributed by atoms with Crippen LogP contribution in [-0.4, -0.2) is 55.6 Å². The molecule has 1 fully saturated rings. The van der Waals surface area contributed by atoms with Crippen molar-refractivity contribution >= 4 is 11.6 Å². The molecule has 1 aliphatic rings. The molecular formula is C15H22Cl2NO3-. The Morgan fingerprint density at radius 2 is 1.86 bits per heavy atom. The van der Waals surface area contributed by atoms with Gasteiger partial charge in [0, 0.05) is 24.7 Å². The molecule has 1 saturated heterocycles. The zero-order valence-corrected chi connectivity index (χ0v) is 14.0. The van der Waals surface area contributed by atoms with Crippen LogP contribution in [-0.2, 0) is 4.74 Å². The first-order valence-corrected chi connectivity index (χ1v) is 7.32. The van der Waals surface area contributed by atoms with E-state index in [9.17, 15) is 5.11 Å². The molecule has 1 aliphatic heterocycles. The van der Waals surface area contributed by atoms with Crippen molar-refractivity contribution in [3.63, 3.8) is 0 Å². The Morgan fingerprint density at radius 1 is 1.29 bits per heavy atom. The van der Waals surface area contributed by atoms with Crippen molar-refractivity contribution in [2.75, 3.05) is 39.5 Å². The fraction of sp³-hybridized carbons (Fsp3) is 0.600. The van der Waals surface area contributed by atoms with Crippen molar-refractivity contribution in [1.29, 1.82) is 0 Å². The van der Waals surface area contributed by atoms with E-state index in [-0.39, 0.29) is 19.0 Å². The van der Waals surface area contributed by atoms with Gasteiger partial charge in [0.15, 0.2) is 0 Å². The van der Waals surface area contributed by atoms with Crippen LogP contribution in [0, 0.1) is 13.8 Å². The predicted octanol–water partition coefficient (Wildman–Crippen LogP) is -0.967. The van der Waals surface area contributed by atoms with E-state index in [2.05, 4.69) is 4.90 Å². The number of aliphatic hydroxyl groups excluding tert-OH is 1. The zero-order chi connectivity index (χ0) is 14.5. The van der Waals surface area contributed by atoms with Crippen molar-refractivity contribution in [2.45, 2.75) is 20.0 Å². The lowest BCUT2D eigenvalue weighted by Gasteiger charge is -2.28. The number of hydrogen-bond acceptors (Lipinski definition) is 4. The second-order valence-corrected chi connectivity index (χ2v) is 5.63. The number of aryl methyl sites for hydroxylation is 2. The van der Waals surface area contributed by atoms with Gasteiger partial charge in [-0.25, -0.2) is 0 Å². The van der Waals surface area contributed by atoms with E-state index in [1.54, 1.807) is 0 Å². The highest BCUT2D eigenvalue weighted by Gasteiger charge is 2.15. The first-order valence-electron chi connectivity index (χ1n) is 6.94. The number of rotatable bonds is 5. The largest absolute Gasteiger partial charge is 1.00 e. The van der Waals surface area contributed by atoms with Crippen LogP contribution in [0.1, 0.15) is 11.1 Å². The van der Waals surface area contributed by atoms with E-state index >= 15 is 0 Å². The number of hydrogen-bond donors (Lipinski definition) is 1. The molecule has 1 aromatic carbocycles. The second-order valence-electron chi connectivity index (χ2n) is 5.25. The molecule has 1 unspecified atom stereocenters. The van der Waals surface area contributed by atoms with Crippen molar-refractivity contribution in [3.8, 4) is 5.75 Å². The van der Waals surface area contributed by atoms with Gasteiger partial charge in [0.2, 0.25) is 0 Å². The van der Waals surface area contributed by atoms with Crippen LogP contribution in [0.25, 0.3) is 0 Å². The molecule has 0 bridgehead atoms. The number of halogens is 2. The minimum Gasteiger partial charge on any atom is -1.00 e.